The van der Waals surface area contributed by atoms with Crippen molar-refractivity contribution in [2.24, 2.45) is 0 Å². The Labute approximate surface area is 120 Å². The molecule has 2 rings (SSSR count). The summed E-state index contributed by atoms with van der Waals surface area (Å²) in [6, 6.07) is 7.94. The van der Waals surface area contributed by atoms with Gasteiger partial charge < -0.3 is 14.6 Å². The van der Waals surface area contributed by atoms with E-state index in [0.717, 1.165) is 16.6 Å². The normalized spacial score (nSPS) is 12.4. The van der Waals surface area contributed by atoms with Crippen molar-refractivity contribution in [3.8, 4) is 5.75 Å². The van der Waals surface area contributed by atoms with Crippen molar-refractivity contribution in [2.75, 3.05) is 7.05 Å². The van der Waals surface area contributed by atoms with E-state index < -0.39 is 0 Å². The van der Waals surface area contributed by atoms with E-state index in [4.69, 9.17) is 9.26 Å². The maximum Gasteiger partial charge on any atom is 0.264 e. The minimum atomic E-state index is 0.275. The van der Waals surface area contributed by atoms with Crippen LogP contribution < -0.4 is 10.1 Å². The lowest BCUT2D eigenvalue weighted by molar-refractivity contribution is 0.242. The predicted molar refractivity (Wildman–Crippen MR) is 75.0 cm³/mol. The van der Waals surface area contributed by atoms with Gasteiger partial charge in [-0.05, 0) is 32.2 Å². The summed E-state index contributed by atoms with van der Waals surface area (Å²) in [5, 5.41) is 7.05. The van der Waals surface area contributed by atoms with Gasteiger partial charge in [0.1, 0.15) is 5.75 Å². The average Bonchev–Trinajstić information content (AvgIpc) is 2.84. The van der Waals surface area contributed by atoms with Gasteiger partial charge in [-0.15, -0.1) is 0 Å². The molecule has 1 unspecified atom stereocenters. The highest BCUT2D eigenvalue weighted by Gasteiger charge is 2.09. The van der Waals surface area contributed by atoms with Gasteiger partial charge in [0.15, 0.2) is 12.4 Å². The first-order valence-electron chi connectivity index (χ1n) is 6.04. The number of rotatable bonds is 6. The molecule has 1 N–H and O–H groups in total. The molecule has 102 valence electrons. The molecule has 0 radical (unpaired) electrons. The maximum atomic E-state index is 5.58. The van der Waals surface area contributed by atoms with Crippen LogP contribution in [-0.4, -0.2) is 23.2 Å². The van der Waals surface area contributed by atoms with Crippen LogP contribution in [0.1, 0.15) is 18.6 Å². The Kier molecular flexibility index (Phi) is 4.93. The van der Waals surface area contributed by atoms with Crippen molar-refractivity contribution in [1.29, 1.82) is 0 Å². The highest BCUT2D eigenvalue weighted by molar-refractivity contribution is 9.10. The second-order valence-electron chi connectivity index (χ2n) is 4.24. The van der Waals surface area contributed by atoms with Crippen LogP contribution in [0.15, 0.2) is 33.3 Å². The second-order valence-corrected chi connectivity index (χ2v) is 5.16. The van der Waals surface area contributed by atoms with Crippen LogP contribution in [0.5, 0.6) is 5.75 Å². The summed E-state index contributed by atoms with van der Waals surface area (Å²) < 4.78 is 11.7. The highest BCUT2D eigenvalue weighted by atomic mass is 79.9. The smallest absolute Gasteiger partial charge is 0.264 e. The maximum absolute atomic E-state index is 5.58. The Balaban J connectivity index is 1.90. The van der Waals surface area contributed by atoms with Gasteiger partial charge in [0.25, 0.3) is 5.89 Å². The first-order chi connectivity index (χ1) is 9.17. The Bertz CT molecular complexity index is 530. The summed E-state index contributed by atoms with van der Waals surface area (Å²) in [5.74, 6) is 1.94. The van der Waals surface area contributed by atoms with Gasteiger partial charge in [-0.3, -0.25) is 0 Å². The zero-order valence-electron chi connectivity index (χ0n) is 10.9. The number of hydrogen-bond acceptors (Lipinski definition) is 5. The number of nitrogens with zero attached hydrogens (tertiary/aromatic N) is 2. The van der Waals surface area contributed by atoms with Crippen LogP contribution >= 0.6 is 15.9 Å². The monoisotopic (exact) mass is 325 g/mol. The van der Waals surface area contributed by atoms with Crippen LogP contribution in [0.4, 0.5) is 0 Å². The van der Waals surface area contributed by atoms with Gasteiger partial charge in [0.05, 0.1) is 0 Å². The summed E-state index contributed by atoms with van der Waals surface area (Å²) in [6.07, 6.45) is 0.733. The molecule has 0 bridgehead atoms. The lowest BCUT2D eigenvalue weighted by Crippen LogP contribution is -2.24. The predicted octanol–water partition coefficient (Wildman–Crippen LogP) is 2.56. The molecular formula is C13H16BrN3O2. The fraction of sp³-hybridized carbons (Fsp3) is 0.385. The van der Waals surface area contributed by atoms with Crippen LogP contribution in [0, 0.1) is 0 Å². The molecule has 0 aliphatic rings. The van der Waals surface area contributed by atoms with E-state index >= 15 is 0 Å². The first kappa shape index (κ1) is 14.0. The Hall–Kier alpha value is -1.40. The van der Waals surface area contributed by atoms with Crippen LogP contribution in [-0.2, 0) is 13.0 Å². The Morgan fingerprint density at radius 3 is 3.05 bits per heavy atom. The summed E-state index contributed by atoms with van der Waals surface area (Å²) in [7, 11) is 1.90. The van der Waals surface area contributed by atoms with E-state index in [0.29, 0.717) is 17.8 Å². The second kappa shape index (κ2) is 6.68. The zero-order valence-corrected chi connectivity index (χ0v) is 12.5. The lowest BCUT2D eigenvalue weighted by Gasteiger charge is -2.05. The van der Waals surface area contributed by atoms with Crippen LogP contribution in [0.2, 0.25) is 0 Å². The third-order valence-electron chi connectivity index (χ3n) is 2.65. The minimum absolute atomic E-state index is 0.275. The average molecular weight is 326 g/mol. The number of likely N-dealkylation sites (N-methyl/N-ethyl adjacent to an activating group) is 1. The molecule has 1 atom stereocenters. The quantitative estimate of drug-likeness (QED) is 0.884. The Morgan fingerprint density at radius 1 is 1.47 bits per heavy atom. The van der Waals surface area contributed by atoms with E-state index in [1.54, 1.807) is 0 Å². The topological polar surface area (TPSA) is 60.2 Å². The summed E-state index contributed by atoms with van der Waals surface area (Å²) in [4.78, 5) is 4.28. The molecule has 0 aliphatic heterocycles. The summed E-state index contributed by atoms with van der Waals surface area (Å²) >= 11 is 3.39. The van der Waals surface area contributed by atoms with E-state index in [1.165, 1.54) is 0 Å². The number of aromatic nitrogens is 2. The number of nitrogens with one attached hydrogen (secondary N) is 1. The van der Waals surface area contributed by atoms with Crippen molar-refractivity contribution >= 4 is 15.9 Å². The van der Waals surface area contributed by atoms with E-state index in [9.17, 15) is 0 Å². The fourth-order valence-corrected chi connectivity index (χ4v) is 1.89. The molecule has 1 heterocycles. The van der Waals surface area contributed by atoms with Crippen LogP contribution in [0.3, 0.4) is 0 Å². The molecule has 1 aromatic carbocycles. The molecule has 0 aliphatic carbocycles. The molecule has 0 amide bonds. The number of ether oxygens (including phenoxy) is 1. The van der Waals surface area contributed by atoms with E-state index in [2.05, 4.69) is 38.3 Å². The van der Waals surface area contributed by atoms with Gasteiger partial charge in [-0.2, -0.15) is 4.98 Å². The Morgan fingerprint density at radius 2 is 2.32 bits per heavy atom. The van der Waals surface area contributed by atoms with Gasteiger partial charge in [-0.25, -0.2) is 0 Å². The third kappa shape index (κ3) is 4.33. The first-order valence-corrected chi connectivity index (χ1v) is 6.84. The molecular weight excluding hydrogens is 310 g/mol. The van der Waals surface area contributed by atoms with Crippen molar-refractivity contribution < 1.29 is 9.26 Å². The lowest BCUT2D eigenvalue weighted by atomic mass is 10.2. The molecule has 19 heavy (non-hydrogen) atoms. The molecule has 0 saturated heterocycles. The van der Waals surface area contributed by atoms with Crippen molar-refractivity contribution in [1.82, 2.24) is 15.5 Å². The molecule has 0 spiro atoms. The van der Waals surface area contributed by atoms with E-state index in [-0.39, 0.29) is 6.61 Å². The van der Waals surface area contributed by atoms with Gasteiger partial charge >= 0.3 is 0 Å². The van der Waals surface area contributed by atoms with E-state index in [1.807, 2.05) is 31.3 Å². The summed E-state index contributed by atoms with van der Waals surface area (Å²) in [5.41, 5.74) is 0. The molecule has 0 fully saturated rings. The fourth-order valence-electron chi connectivity index (χ4n) is 1.51. The number of benzene rings is 1. The molecule has 5 nitrogen and oxygen atoms in total. The van der Waals surface area contributed by atoms with Gasteiger partial charge in [-0.1, -0.05) is 27.2 Å². The van der Waals surface area contributed by atoms with Crippen LogP contribution in [0.25, 0.3) is 0 Å². The molecule has 1 aromatic heterocycles. The largest absolute Gasteiger partial charge is 0.484 e. The van der Waals surface area contributed by atoms with Gasteiger partial charge in [0.2, 0.25) is 0 Å². The molecule has 0 saturated carbocycles. The van der Waals surface area contributed by atoms with Crippen molar-refractivity contribution in [2.45, 2.75) is 26.0 Å². The minimum Gasteiger partial charge on any atom is -0.484 e. The van der Waals surface area contributed by atoms with Crippen molar-refractivity contribution in [3.05, 3.63) is 40.5 Å². The highest BCUT2D eigenvalue weighted by Crippen LogP contribution is 2.18. The third-order valence-corrected chi connectivity index (χ3v) is 3.14. The molecule has 6 heteroatoms. The van der Waals surface area contributed by atoms with Gasteiger partial charge in [0, 0.05) is 16.9 Å². The van der Waals surface area contributed by atoms with Crippen molar-refractivity contribution in [3.63, 3.8) is 0 Å². The number of halogens is 1. The molecule has 2 aromatic rings. The zero-order chi connectivity index (χ0) is 13.7. The standard InChI is InChI=1S/C13H16BrN3O2/c1-9(15-2)6-12-16-13(19-17-12)8-18-11-5-3-4-10(14)7-11/h3-5,7,9,15H,6,8H2,1-2H3. The summed E-state index contributed by atoms with van der Waals surface area (Å²) in [6.45, 7) is 2.34. The SMILES string of the molecule is CNC(C)Cc1noc(COc2cccc(Br)c2)n1. The number of hydrogen-bond donors (Lipinski definition) is 1.